The van der Waals surface area contributed by atoms with E-state index in [1.165, 1.54) is 24.3 Å². The Hall–Kier alpha value is -2.08. The highest BCUT2D eigenvalue weighted by atomic mass is 32.2. The molecule has 1 heterocycles. The zero-order chi connectivity index (χ0) is 13.8. The Balaban J connectivity index is 2.20. The molecular formula is C13H7F2NO2S. The molecule has 0 bridgehead atoms. The fourth-order valence-corrected chi connectivity index (χ4v) is 2.06. The number of carbonyl (C=O) groups excluding carboxylic acids is 2. The van der Waals surface area contributed by atoms with Crippen molar-refractivity contribution in [3.05, 3.63) is 59.4 Å². The molecule has 2 rings (SSSR count). The molecule has 96 valence electrons. The summed E-state index contributed by atoms with van der Waals surface area (Å²) in [5.41, 5.74) is 0.219. The molecule has 0 spiro atoms. The van der Waals surface area contributed by atoms with Crippen molar-refractivity contribution in [2.75, 3.05) is 0 Å². The van der Waals surface area contributed by atoms with Crippen molar-refractivity contribution in [3.8, 4) is 0 Å². The molecule has 6 heteroatoms. The molecule has 0 saturated carbocycles. The molecule has 1 aromatic heterocycles. The van der Waals surface area contributed by atoms with Crippen LogP contribution in [0.4, 0.5) is 8.78 Å². The fourth-order valence-electron chi connectivity index (χ4n) is 1.33. The monoisotopic (exact) mass is 279 g/mol. The van der Waals surface area contributed by atoms with Crippen LogP contribution < -0.4 is 0 Å². The Bertz CT molecular complexity index is 646. The van der Waals surface area contributed by atoms with Crippen molar-refractivity contribution in [2.45, 2.75) is 4.90 Å². The summed E-state index contributed by atoms with van der Waals surface area (Å²) in [6.07, 6.45) is 0.527. The number of hydrogen-bond donors (Lipinski definition) is 0. The maximum Gasteiger partial charge on any atom is 0.242 e. The highest BCUT2D eigenvalue weighted by Gasteiger charge is 2.12. The molecule has 0 atom stereocenters. The van der Waals surface area contributed by atoms with Crippen molar-refractivity contribution in [1.82, 2.24) is 4.98 Å². The van der Waals surface area contributed by atoms with Crippen LogP contribution in [0.5, 0.6) is 0 Å². The molecule has 0 aliphatic carbocycles. The van der Waals surface area contributed by atoms with Gasteiger partial charge in [-0.2, -0.15) is 0 Å². The minimum Gasteiger partial charge on any atom is -0.296 e. The van der Waals surface area contributed by atoms with E-state index in [1.54, 1.807) is 0 Å². The molecule has 3 nitrogen and oxygen atoms in total. The van der Waals surface area contributed by atoms with E-state index in [0.717, 1.165) is 12.1 Å². The van der Waals surface area contributed by atoms with Gasteiger partial charge in [-0.05, 0) is 42.1 Å². The van der Waals surface area contributed by atoms with Gasteiger partial charge in [0.1, 0.15) is 11.4 Å². The van der Waals surface area contributed by atoms with Crippen LogP contribution >= 0.6 is 11.8 Å². The molecule has 0 aliphatic heterocycles. The molecule has 0 unspecified atom stereocenters. The standard InChI is InChI=1S/C13H7F2NO2S/c14-10-5-4-9(6-11(10)15)19-13(18)12-3-1-2-8(7-17)16-12/h1-7H. The van der Waals surface area contributed by atoms with E-state index in [0.29, 0.717) is 18.0 Å². The van der Waals surface area contributed by atoms with E-state index in [9.17, 15) is 18.4 Å². The summed E-state index contributed by atoms with van der Waals surface area (Å²) < 4.78 is 25.7. The van der Waals surface area contributed by atoms with Crippen molar-refractivity contribution in [1.29, 1.82) is 0 Å². The summed E-state index contributed by atoms with van der Waals surface area (Å²) in [5.74, 6) is -2.00. The van der Waals surface area contributed by atoms with E-state index in [1.807, 2.05) is 0 Å². The lowest BCUT2D eigenvalue weighted by molar-refractivity contribution is 0.108. The van der Waals surface area contributed by atoms with Crippen molar-refractivity contribution < 1.29 is 18.4 Å². The van der Waals surface area contributed by atoms with Crippen LogP contribution in [0.2, 0.25) is 0 Å². The molecule has 2 aromatic rings. The summed E-state index contributed by atoms with van der Waals surface area (Å²) in [5, 5.41) is -0.449. The van der Waals surface area contributed by atoms with Crippen molar-refractivity contribution in [2.24, 2.45) is 0 Å². The number of thioether (sulfide) groups is 1. The molecule has 0 aliphatic rings. The third kappa shape index (κ3) is 3.23. The summed E-state index contributed by atoms with van der Waals surface area (Å²) in [6.45, 7) is 0. The average molecular weight is 279 g/mol. The lowest BCUT2D eigenvalue weighted by Gasteiger charge is -2.01. The Morgan fingerprint density at radius 1 is 1.16 bits per heavy atom. The number of halogens is 2. The minimum atomic E-state index is -1.02. The van der Waals surface area contributed by atoms with Crippen molar-refractivity contribution in [3.63, 3.8) is 0 Å². The zero-order valence-corrected chi connectivity index (χ0v) is 10.3. The summed E-state index contributed by atoms with van der Waals surface area (Å²) in [4.78, 5) is 26.5. The average Bonchev–Trinajstić information content (AvgIpc) is 2.43. The van der Waals surface area contributed by atoms with E-state index in [-0.39, 0.29) is 16.3 Å². The Morgan fingerprint density at radius 3 is 2.63 bits per heavy atom. The number of hydrogen-bond acceptors (Lipinski definition) is 4. The first-order valence-corrected chi connectivity index (χ1v) is 6.01. The number of pyridine rings is 1. The van der Waals surface area contributed by atoms with Gasteiger partial charge >= 0.3 is 0 Å². The second kappa shape index (κ2) is 5.71. The van der Waals surface area contributed by atoms with Crippen LogP contribution in [-0.2, 0) is 0 Å². The van der Waals surface area contributed by atoms with E-state index < -0.39 is 16.7 Å². The lowest BCUT2D eigenvalue weighted by Crippen LogP contribution is -2.00. The number of benzene rings is 1. The summed E-state index contributed by atoms with van der Waals surface area (Å²) >= 11 is 0.715. The first kappa shape index (κ1) is 13.4. The van der Waals surface area contributed by atoms with Gasteiger partial charge in [-0.25, -0.2) is 13.8 Å². The summed E-state index contributed by atoms with van der Waals surface area (Å²) in [7, 11) is 0. The van der Waals surface area contributed by atoms with Gasteiger partial charge in [0, 0.05) is 4.90 Å². The molecule has 1 aromatic carbocycles. The van der Waals surface area contributed by atoms with Crippen LogP contribution in [0.3, 0.4) is 0 Å². The second-order valence-corrected chi connectivity index (χ2v) is 4.58. The first-order chi connectivity index (χ1) is 9.10. The Kier molecular flexibility index (Phi) is 4.01. The van der Waals surface area contributed by atoms with Gasteiger partial charge in [0.25, 0.3) is 0 Å². The topological polar surface area (TPSA) is 47.0 Å². The molecule has 19 heavy (non-hydrogen) atoms. The predicted molar refractivity (Wildman–Crippen MR) is 66.2 cm³/mol. The number of aldehydes is 1. The van der Waals surface area contributed by atoms with Crippen LogP contribution in [0, 0.1) is 11.6 Å². The molecule has 0 fully saturated rings. The number of rotatable bonds is 3. The molecule has 0 saturated heterocycles. The van der Waals surface area contributed by atoms with Gasteiger partial charge in [-0.3, -0.25) is 9.59 Å². The second-order valence-electron chi connectivity index (χ2n) is 3.53. The molecule has 0 radical (unpaired) electrons. The summed E-state index contributed by atoms with van der Waals surface area (Å²) in [6, 6.07) is 7.61. The maximum atomic E-state index is 13.0. The lowest BCUT2D eigenvalue weighted by atomic mass is 10.3. The third-order valence-electron chi connectivity index (χ3n) is 2.20. The molecular weight excluding hydrogens is 272 g/mol. The van der Waals surface area contributed by atoms with E-state index in [4.69, 9.17) is 0 Å². The van der Waals surface area contributed by atoms with Gasteiger partial charge in [0.2, 0.25) is 5.12 Å². The van der Waals surface area contributed by atoms with Crippen LogP contribution in [-0.4, -0.2) is 16.4 Å². The number of carbonyl (C=O) groups is 2. The van der Waals surface area contributed by atoms with Crippen molar-refractivity contribution >= 4 is 23.2 Å². The Morgan fingerprint density at radius 2 is 1.95 bits per heavy atom. The Labute approximate surface area is 111 Å². The largest absolute Gasteiger partial charge is 0.296 e. The SMILES string of the molecule is O=Cc1cccc(C(=O)Sc2ccc(F)c(F)c2)n1. The molecule has 0 amide bonds. The van der Waals surface area contributed by atoms with Gasteiger partial charge in [0.15, 0.2) is 17.9 Å². The number of nitrogens with zero attached hydrogens (tertiary/aromatic N) is 1. The third-order valence-corrected chi connectivity index (χ3v) is 3.09. The highest BCUT2D eigenvalue weighted by molar-refractivity contribution is 8.14. The van der Waals surface area contributed by atoms with E-state index in [2.05, 4.69) is 4.98 Å². The van der Waals surface area contributed by atoms with Gasteiger partial charge in [-0.1, -0.05) is 6.07 Å². The minimum absolute atomic E-state index is 0.0827. The van der Waals surface area contributed by atoms with Crippen LogP contribution in [0.1, 0.15) is 21.0 Å². The van der Waals surface area contributed by atoms with Gasteiger partial charge < -0.3 is 0 Å². The predicted octanol–water partition coefficient (Wildman–Crippen LogP) is 3.10. The van der Waals surface area contributed by atoms with Gasteiger partial charge in [-0.15, -0.1) is 0 Å². The quantitative estimate of drug-likeness (QED) is 0.640. The maximum absolute atomic E-state index is 13.0. The zero-order valence-electron chi connectivity index (χ0n) is 9.47. The fraction of sp³-hybridized carbons (Fsp3) is 0. The van der Waals surface area contributed by atoms with Crippen LogP contribution in [0.25, 0.3) is 0 Å². The molecule has 0 N–H and O–H groups in total. The van der Waals surface area contributed by atoms with Crippen LogP contribution in [0.15, 0.2) is 41.3 Å². The van der Waals surface area contributed by atoms with Gasteiger partial charge in [0.05, 0.1) is 0 Å². The normalized spacial score (nSPS) is 10.2. The smallest absolute Gasteiger partial charge is 0.242 e. The first-order valence-electron chi connectivity index (χ1n) is 5.19. The highest BCUT2D eigenvalue weighted by Crippen LogP contribution is 2.23. The number of aromatic nitrogens is 1. The van der Waals surface area contributed by atoms with E-state index >= 15 is 0 Å².